The minimum Gasteiger partial charge on any atom is -0.492 e. The quantitative estimate of drug-likeness (QED) is 0.709. The van der Waals surface area contributed by atoms with E-state index >= 15 is 0 Å². The highest BCUT2D eigenvalue weighted by atomic mass is 16.5. The topological polar surface area (TPSA) is 64.3 Å². The van der Waals surface area contributed by atoms with Gasteiger partial charge in [-0.25, -0.2) is 4.98 Å². The molecule has 3 aromatic rings. The van der Waals surface area contributed by atoms with Gasteiger partial charge in [0.1, 0.15) is 18.2 Å². The second-order valence-corrected chi connectivity index (χ2v) is 5.89. The maximum atomic E-state index is 5.74. The molecule has 4 rings (SSSR count). The summed E-state index contributed by atoms with van der Waals surface area (Å²) in [6, 6.07) is 8.04. The Hall–Kier alpha value is -2.63. The average molecular weight is 309 g/mol. The van der Waals surface area contributed by atoms with Gasteiger partial charge >= 0.3 is 0 Å². The molecule has 6 nitrogen and oxygen atoms in total. The summed E-state index contributed by atoms with van der Waals surface area (Å²) in [6.45, 7) is 3.28. The number of hydrogen-bond acceptors (Lipinski definition) is 5. The molecular formula is C17H19N5O. The van der Waals surface area contributed by atoms with Gasteiger partial charge in [0.25, 0.3) is 0 Å². The molecule has 2 heterocycles. The molecule has 6 heteroatoms. The fourth-order valence-corrected chi connectivity index (χ4v) is 2.63. The Bertz CT molecular complexity index is 825. The number of rotatable bonds is 6. The first kappa shape index (κ1) is 14.0. The van der Waals surface area contributed by atoms with Crippen LogP contribution in [0.5, 0.6) is 5.75 Å². The summed E-state index contributed by atoms with van der Waals surface area (Å²) in [5.74, 6) is 3.24. The fraction of sp³-hybridized carbons (Fsp3) is 0.353. The normalized spacial score (nSPS) is 14.1. The van der Waals surface area contributed by atoms with Gasteiger partial charge in [0.05, 0.1) is 6.54 Å². The molecule has 0 spiro atoms. The van der Waals surface area contributed by atoms with Crippen LogP contribution in [0.25, 0.3) is 5.65 Å². The van der Waals surface area contributed by atoms with E-state index in [1.165, 1.54) is 18.4 Å². The van der Waals surface area contributed by atoms with Gasteiger partial charge < -0.3 is 10.1 Å². The van der Waals surface area contributed by atoms with Gasteiger partial charge in [-0.05, 0) is 37.5 Å². The lowest BCUT2D eigenvalue weighted by Gasteiger charge is -2.09. The maximum absolute atomic E-state index is 5.74. The van der Waals surface area contributed by atoms with Crippen LogP contribution >= 0.6 is 0 Å². The van der Waals surface area contributed by atoms with E-state index in [2.05, 4.69) is 33.5 Å². The first-order valence-electron chi connectivity index (χ1n) is 7.94. The van der Waals surface area contributed by atoms with Crippen LogP contribution in [-0.4, -0.2) is 32.7 Å². The van der Waals surface area contributed by atoms with Gasteiger partial charge in [-0.1, -0.05) is 12.1 Å². The van der Waals surface area contributed by atoms with Crippen LogP contribution in [0.3, 0.4) is 0 Å². The van der Waals surface area contributed by atoms with Crippen molar-refractivity contribution in [3.63, 3.8) is 0 Å². The summed E-state index contributed by atoms with van der Waals surface area (Å²) in [4.78, 5) is 4.37. The minimum absolute atomic E-state index is 0.560. The summed E-state index contributed by atoms with van der Waals surface area (Å²) in [5.41, 5.74) is 1.97. The van der Waals surface area contributed by atoms with Crippen LogP contribution in [0.15, 0.2) is 36.7 Å². The van der Waals surface area contributed by atoms with E-state index in [0.717, 1.165) is 23.0 Å². The Labute approximate surface area is 134 Å². The van der Waals surface area contributed by atoms with Crippen molar-refractivity contribution in [3.8, 4) is 5.75 Å². The molecule has 1 N–H and O–H groups in total. The maximum Gasteiger partial charge on any atom is 0.203 e. The molecule has 0 unspecified atom stereocenters. The third-order valence-corrected chi connectivity index (χ3v) is 3.95. The molecule has 2 aromatic heterocycles. The summed E-state index contributed by atoms with van der Waals surface area (Å²) in [7, 11) is 0. The van der Waals surface area contributed by atoms with Gasteiger partial charge in [0, 0.05) is 18.3 Å². The standard InChI is InChI=1S/C17H19N5O/c1-12-3-2-4-14(11-12)23-10-8-19-15-17-21-20-16(13-5-6-13)22(17)9-7-18-15/h2-4,7,9,11,13H,5-6,8,10H2,1H3,(H,18,19). The molecule has 118 valence electrons. The van der Waals surface area contributed by atoms with Crippen LogP contribution in [-0.2, 0) is 0 Å². The third kappa shape index (κ3) is 2.97. The first-order chi connectivity index (χ1) is 11.3. The number of anilines is 1. The summed E-state index contributed by atoms with van der Waals surface area (Å²) in [6.07, 6.45) is 6.12. The van der Waals surface area contributed by atoms with Crippen LogP contribution < -0.4 is 10.1 Å². The second-order valence-electron chi connectivity index (χ2n) is 5.89. The first-order valence-corrected chi connectivity index (χ1v) is 7.94. The lowest BCUT2D eigenvalue weighted by atomic mass is 10.2. The minimum atomic E-state index is 0.560. The Morgan fingerprint density at radius 2 is 2.22 bits per heavy atom. The molecule has 0 aliphatic heterocycles. The Balaban J connectivity index is 1.40. The van der Waals surface area contributed by atoms with Gasteiger partial charge in [0.2, 0.25) is 5.65 Å². The van der Waals surface area contributed by atoms with Gasteiger partial charge in [-0.15, -0.1) is 10.2 Å². The number of fused-ring (bicyclic) bond motifs is 1. The molecule has 1 aliphatic rings. The lowest BCUT2D eigenvalue weighted by molar-refractivity contribution is 0.332. The van der Waals surface area contributed by atoms with Crippen molar-refractivity contribution < 1.29 is 4.74 Å². The van der Waals surface area contributed by atoms with E-state index in [1.807, 2.05) is 28.8 Å². The van der Waals surface area contributed by atoms with Crippen molar-refractivity contribution in [2.24, 2.45) is 0 Å². The van der Waals surface area contributed by atoms with Gasteiger partial charge in [0.15, 0.2) is 5.82 Å². The number of nitrogens with one attached hydrogen (secondary N) is 1. The Morgan fingerprint density at radius 1 is 1.30 bits per heavy atom. The molecule has 1 aromatic carbocycles. The number of hydrogen-bond donors (Lipinski definition) is 1. The molecule has 23 heavy (non-hydrogen) atoms. The second kappa shape index (κ2) is 5.87. The summed E-state index contributed by atoms with van der Waals surface area (Å²) in [5, 5.41) is 11.9. The zero-order valence-corrected chi connectivity index (χ0v) is 13.1. The monoisotopic (exact) mass is 309 g/mol. The molecule has 0 atom stereocenters. The summed E-state index contributed by atoms with van der Waals surface area (Å²) >= 11 is 0. The predicted molar refractivity (Wildman–Crippen MR) is 87.9 cm³/mol. The van der Waals surface area contributed by atoms with Crippen molar-refractivity contribution >= 4 is 11.5 Å². The van der Waals surface area contributed by atoms with Crippen molar-refractivity contribution in [3.05, 3.63) is 48.0 Å². The molecule has 0 bridgehead atoms. The van der Waals surface area contributed by atoms with E-state index in [9.17, 15) is 0 Å². The average Bonchev–Trinajstić information content (AvgIpc) is 3.31. The summed E-state index contributed by atoms with van der Waals surface area (Å²) < 4.78 is 7.78. The largest absolute Gasteiger partial charge is 0.492 e. The number of benzene rings is 1. The van der Waals surface area contributed by atoms with Crippen LogP contribution in [0.4, 0.5) is 5.82 Å². The SMILES string of the molecule is Cc1cccc(OCCNc2nccn3c(C4CC4)nnc23)c1. The highest BCUT2D eigenvalue weighted by Gasteiger charge is 2.29. The molecule has 1 fully saturated rings. The van der Waals surface area contributed by atoms with Gasteiger partial charge in [-0.3, -0.25) is 4.40 Å². The van der Waals surface area contributed by atoms with Crippen molar-refractivity contribution in [2.45, 2.75) is 25.7 Å². The molecule has 1 aliphatic carbocycles. The Kier molecular flexibility index (Phi) is 3.57. The third-order valence-electron chi connectivity index (χ3n) is 3.95. The molecule has 1 saturated carbocycles. The predicted octanol–water partition coefficient (Wildman–Crippen LogP) is 2.80. The van der Waals surface area contributed by atoms with E-state index in [1.54, 1.807) is 6.20 Å². The highest BCUT2D eigenvalue weighted by molar-refractivity contribution is 5.62. The van der Waals surface area contributed by atoms with Crippen LogP contribution in [0, 0.1) is 6.92 Å². The lowest BCUT2D eigenvalue weighted by Crippen LogP contribution is -2.13. The smallest absolute Gasteiger partial charge is 0.203 e. The van der Waals surface area contributed by atoms with Crippen molar-refractivity contribution in [2.75, 3.05) is 18.5 Å². The zero-order valence-electron chi connectivity index (χ0n) is 13.1. The van der Waals surface area contributed by atoms with E-state index < -0.39 is 0 Å². The van der Waals surface area contributed by atoms with Crippen molar-refractivity contribution in [1.82, 2.24) is 19.6 Å². The number of nitrogens with zero attached hydrogens (tertiary/aromatic N) is 4. The fourth-order valence-electron chi connectivity index (χ4n) is 2.63. The van der Waals surface area contributed by atoms with Crippen molar-refractivity contribution in [1.29, 1.82) is 0 Å². The van der Waals surface area contributed by atoms with E-state index in [-0.39, 0.29) is 0 Å². The Morgan fingerprint density at radius 3 is 3.04 bits per heavy atom. The number of aromatic nitrogens is 4. The highest BCUT2D eigenvalue weighted by Crippen LogP contribution is 2.39. The molecule has 0 amide bonds. The number of aryl methyl sites for hydroxylation is 1. The number of ether oxygens (including phenoxy) is 1. The molecular weight excluding hydrogens is 290 g/mol. The van der Waals surface area contributed by atoms with E-state index in [4.69, 9.17) is 4.74 Å². The molecule has 0 saturated heterocycles. The zero-order chi connectivity index (χ0) is 15.6. The van der Waals surface area contributed by atoms with Crippen LogP contribution in [0.1, 0.15) is 30.1 Å². The van der Waals surface area contributed by atoms with Gasteiger partial charge in [-0.2, -0.15) is 0 Å². The van der Waals surface area contributed by atoms with E-state index in [0.29, 0.717) is 19.1 Å². The van der Waals surface area contributed by atoms with Crippen LogP contribution in [0.2, 0.25) is 0 Å². The molecule has 0 radical (unpaired) electrons.